The van der Waals surface area contributed by atoms with Gasteiger partial charge in [0.25, 0.3) is 5.91 Å². The Hall–Kier alpha value is -1.88. The lowest BCUT2D eigenvalue weighted by molar-refractivity contribution is -0.121. The summed E-state index contributed by atoms with van der Waals surface area (Å²) in [7, 11) is 0. The molecule has 1 aromatic carbocycles. The number of nitrogens with one attached hydrogen (secondary N) is 2. The van der Waals surface area contributed by atoms with Gasteiger partial charge < -0.3 is 15.4 Å². The lowest BCUT2D eigenvalue weighted by Gasteiger charge is -2.09. The van der Waals surface area contributed by atoms with Crippen LogP contribution in [0.3, 0.4) is 0 Å². The highest BCUT2D eigenvalue weighted by Crippen LogP contribution is 2.10. The van der Waals surface area contributed by atoms with E-state index in [2.05, 4.69) is 10.6 Å². The predicted octanol–water partition coefficient (Wildman–Crippen LogP) is 2.19. The molecule has 1 aromatic rings. The van der Waals surface area contributed by atoms with E-state index >= 15 is 0 Å². The number of rotatable bonds is 7. The topological polar surface area (TPSA) is 67.4 Å². The number of ether oxygens (including phenoxy) is 1. The Balaban J connectivity index is 2.59. The number of hydrogen-bond acceptors (Lipinski definition) is 3. The van der Waals surface area contributed by atoms with Gasteiger partial charge in [0.1, 0.15) is 6.61 Å². The molecule has 0 saturated heterocycles. The molecular weight excluding hydrogens is 256 g/mol. The van der Waals surface area contributed by atoms with Crippen molar-refractivity contribution < 1.29 is 14.3 Å². The number of carbonyl (C=O) groups excluding carboxylic acids is 2. The molecule has 0 aliphatic carbocycles. The van der Waals surface area contributed by atoms with Crippen molar-refractivity contribution >= 4 is 17.5 Å². The average molecular weight is 278 g/mol. The molecule has 20 heavy (non-hydrogen) atoms. The summed E-state index contributed by atoms with van der Waals surface area (Å²) in [5, 5.41) is 5.50. The van der Waals surface area contributed by atoms with Crippen LogP contribution in [-0.4, -0.2) is 31.1 Å². The summed E-state index contributed by atoms with van der Waals surface area (Å²) in [6, 6.07) is 6.84. The van der Waals surface area contributed by atoms with E-state index in [1.807, 2.05) is 20.8 Å². The van der Waals surface area contributed by atoms with Crippen LogP contribution in [0.4, 0.5) is 5.69 Å². The lowest BCUT2D eigenvalue weighted by atomic mass is 10.2. The summed E-state index contributed by atoms with van der Waals surface area (Å²) >= 11 is 0. The molecule has 0 radical (unpaired) electrons. The molecule has 0 bridgehead atoms. The van der Waals surface area contributed by atoms with E-state index in [-0.39, 0.29) is 24.5 Å². The highest BCUT2D eigenvalue weighted by atomic mass is 16.5. The second-order valence-corrected chi connectivity index (χ2v) is 4.74. The molecule has 1 rings (SSSR count). The molecule has 0 aliphatic rings. The van der Waals surface area contributed by atoms with Crippen LogP contribution in [0.2, 0.25) is 0 Å². The standard InChI is InChI=1S/C15H22N2O3/c1-4-8-16-15(19)12-6-5-7-13(9-12)17-14(18)10-20-11(2)3/h5-7,9,11H,4,8,10H2,1-3H3,(H,16,19)(H,17,18). The Kier molecular flexibility index (Phi) is 6.73. The Morgan fingerprint density at radius 2 is 2.05 bits per heavy atom. The average Bonchev–Trinajstić information content (AvgIpc) is 2.42. The van der Waals surface area contributed by atoms with Gasteiger partial charge in [-0.15, -0.1) is 0 Å². The Morgan fingerprint density at radius 1 is 1.30 bits per heavy atom. The van der Waals surface area contributed by atoms with Gasteiger partial charge in [-0.05, 0) is 38.5 Å². The van der Waals surface area contributed by atoms with Crippen LogP contribution in [0.15, 0.2) is 24.3 Å². The Labute approximate surface area is 119 Å². The summed E-state index contributed by atoms with van der Waals surface area (Å²) in [6.45, 7) is 6.37. The van der Waals surface area contributed by atoms with Crippen LogP contribution in [0.25, 0.3) is 0 Å². The molecule has 0 unspecified atom stereocenters. The number of anilines is 1. The highest BCUT2D eigenvalue weighted by molar-refractivity contribution is 5.97. The fourth-order valence-corrected chi connectivity index (χ4v) is 1.52. The molecule has 0 saturated carbocycles. The van der Waals surface area contributed by atoms with E-state index in [4.69, 9.17) is 4.74 Å². The minimum Gasteiger partial charge on any atom is -0.369 e. The number of amides is 2. The number of carbonyl (C=O) groups is 2. The fraction of sp³-hybridized carbons (Fsp3) is 0.467. The summed E-state index contributed by atoms with van der Waals surface area (Å²) < 4.78 is 5.22. The molecule has 0 fully saturated rings. The summed E-state index contributed by atoms with van der Waals surface area (Å²) in [4.78, 5) is 23.4. The van der Waals surface area contributed by atoms with E-state index in [1.54, 1.807) is 24.3 Å². The van der Waals surface area contributed by atoms with Crippen LogP contribution in [0.5, 0.6) is 0 Å². The molecule has 110 valence electrons. The monoisotopic (exact) mass is 278 g/mol. The first-order chi connectivity index (χ1) is 9.52. The SMILES string of the molecule is CCCNC(=O)c1cccc(NC(=O)COC(C)C)c1. The first-order valence-electron chi connectivity index (χ1n) is 6.82. The van der Waals surface area contributed by atoms with Gasteiger partial charge in [-0.3, -0.25) is 9.59 Å². The second-order valence-electron chi connectivity index (χ2n) is 4.74. The number of hydrogen-bond donors (Lipinski definition) is 2. The maximum atomic E-state index is 11.8. The Morgan fingerprint density at radius 3 is 2.70 bits per heavy atom. The molecule has 0 aliphatic heterocycles. The lowest BCUT2D eigenvalue weighted by Crippen LogP contribution is -2.24. The van der Waals surface area contributed by atoms with Crippen molar-refractivity contribution in [3.05, 3.63) is 29.8 Å². The zero-order valence-corrected chi connectivity index (χ0v) is 12.2. The van der Waals surface area contributed by atoms with Gasteiger partial charge in [-0.2, -0.15) is 0 Å². The molecule has 0 spiro atoms. The van der Waals surface area contributed by atoms with E-state index < -0.39 is 0 Å². The van der Waals surface area contributed by atoms with Crippen molar-refractivity contribution in [3.63, 3.8) is 0 Å². The third-order valence-electron chi connectivity index (χ3n) is 2.49. The molecule has 5 nitrogen and oxygen atoms in total. The van der Waals surface area contributed by atoms with E-state index in [1.165, 1.54) is 0 Å². The van der Waals surface area contributed by atoms with Crippen molar-refractivity contribution in [2.24, 2.45) is 0 Å². The minimum atomic E-state index is -0.232. The van der Waals surface area contributed by atoms with Crippen LogP contribution in [0.1, 0.15) is 37.6 Å². The molecule has 0 aromatic heterocycles. The van der Waals surface area contributed by atoms with Crippen molar-refractivity contribution in [1.82, 2.24) is 5.32 Å². The first-order valence-corrected chi connectivity index (χ1v) is 6.82. The summed E-state index contributed by atoms with van der Waals surface area (Å²) in [5.41, 5.74) is 1.12. The minimum absolute atomic E-state index is 0.00389. The molecule has 0 atom stereocenters. The zero-order chi connectivity index (χ0) is 15.0. The fourth-order valence-electron chi connectivity index (χ4n) is 1.52. The largest absolute Gasteiger partial charge is 0.369 e. The molecular formula is C15H22N2O3. The maximum Gasteiger partial charge on any atom is 0.251 e. The van der Waals surface area contributed by atoms with Gasteiger partial charge in [-0.1, -0.05) is 13.0 Å². The van der Waals surface area contributed by atoms with Crippen LogP contribution in [-0.2, 0) is 9.53 Å². The van der Waals surface area contributed by atoms with E-state index in [0.717, 1.165) is 6.42 Å². The Bertz CT molecular complexity index is 458. The van der Waals surface area contributed by atoms with Gasteiger partial charge in [0, 0.05) is 17.8 Å². The van der Waals surface area contributed by atoms with Crippen LogP contribution >= 0.6 is 0 Å². The first kappa shape index (κ1) is 16.2. The maximum absolute atomic E-state index is 11.8. The third-order valence-corrected chi connectivity index (χ3v) is 2.49. The van der Waals surface area contributed by atoms with Crippen molar-refractivity contribution in [2.75, 3.05) is 18.5 Å². The van der Waals surface area contributed by atoms with Crippen molar-refractivity contribution in [3.8, 4) is 0 Å². The molecule has 5 heteroatoms. The molecule has 2 amide bonds. The van der Waals surface area contributed by atoms with Crippen molar-refractivity contribution in [2.45, 2.75) is 33.3 Å². The molecule has 2 N–H and O–H groups in total. The van der Waals surface area contributed by atoms with Gasteiger partial charge >= 0.3 is 0 Å². The second kappa shape index (κ2) is 8.32. The summed E-state index contributed by atoms with van der Waals surface area (Å²) in [6.07, 6.45) is 0.890. The van der Waals surface area contributed by atoms with Gasteiger partial charge in [0.15, 0.2) is 0 Å². The van der Waals surface area contributed by atoms with Crippen molar-refractivity contribution in [1.29, 1.82) is 0 Å². The van der Waals surface area contributed by atoms with Crippen LogP contribution in [0, 0.1) is 0 Å². The highest BCUT2D eigenvalue weighted by Gasteiger charge is 2.08. The zero-order valence-electron chi connectivity index (χ0n) is 12.2. The smallest absolute Gasteiger partial charge is 0.251 e. The van der Waals surface area contributed by atoms with Gasteiger partial charge in [-0.25, -0.2) is 0 Å². The summed E-state index contributed by atoms with van der Waals surface area (Å²) in [5.74, 6) is -0.369. The van der Waals surface area contributed by atoms with E-state index in [9.17, 15) is 9.59 Å². The normalized spacial score (nSPS) is 10.4. The van der Waals surface area contributed by atoms with E-state index in [0.29, 0.717) is 17.8 Å². The number of benzene rings is 1. The van der Waals surface area contributed by atoms with Gasteiger partial charge in [0.05, 0.1) is 6.10 Å². The van der Waals surface area contributed by atoms with Gasteiger partial charge in [0.2, 0.25) is 5.91 Å². The third kappa shape index (κ3) is 5.84. The van der Waals surface area contributed by atoms with Crippen LogP contribution < -0.4 is 10.6 Å². The predicted molar refractivity (Wildman–Crippen MR) is 78.8 cm³/mol. The quantitative estimate of drug-likeness (QED) is 0.803. The molecule has 0 heterocycles.